The van der Waals surface area contributed by atoms with Crippen molar-refractivity contribution in [1.29, 1.82) is 0 Å². The lowest BCUT2D eigenvalue weighted by Crippen LogP contribution is -2.40. The lowest BCUT2D eigenvalue weighted by molar-refractivity contribution is -0.141. The quantitative estimate of drug-likeness (QED) is 0.623. The molecular weight excluding hydrogens is 182 g/mol. The second-order valence-corrected chi connectivity index (χ2v) is 3.51. The highest BCUT2D eigenvalue weighted by Crippen LogP contribution is 2.32. The van der Waals surface area contributed by atoms with E-state index in [0.717, 1.165) is 12.8 Å². The largest absolute Gasteiger partial charge is 0.480 e. The van der Waals surface area contributed by atoms with Gasteiger partial charge in [0.2, 0.25) is 5.91 Å². The summed E-state index contributed by atoms with van der Waals surface area (Å²) in [6.45, 7) is 0. The molecular formula is C10H13NO3. The van der Waals surface area contributed by atoms with Gasteiger partial charge in [0.25, 0.3) is 0 Å². The van der Waals surface area contributed by atoms with Crippen molar-refractivity contribution in [3.63, 3.8) is 0 Å². The van der Waals surface area contributed by atoms with Crippen LogP contribution in [-0.4, -0.2) is 23.0 Å². The molecule has 0 spiro atoms. The van der Waals surface area contributed by atoms with Crippen LogP contribution in [-0.2, 0) is 9.59 Å². The van der Waals surface area contributed by atoms with Crippen LogP contribution < -0.4 is 5.32 Å². The van der Waals surface area contributed by atoms with Crippen molar-refractivity contribution in [3.05, 3.63) is 0 Å². The average Bonchev–Trinajstić information content (AvgIpc) is 2.87. The summed E-state index contributed by atoms with van der Waals surface area (Å²) >= 11 is 0. The molecule has 1 unspecified atom stereocenters. The SMILES string of the molecule is C#CCC(NC(=O)CC1CC1)C(=O)O. The maximum atomic E-state index is 11.2. The van der Waals surface area contributed by atoms with Crippen LogP contribution in [0, 0.1) is 18.3 Å². The number of terminal acetylenes is 1. The lowest BCUT2D eigenvalue weighted by Gasteiger charge is -2.11. The molecule has 1 rings (SSSR count). The Kier molecular flexibility index (Phi) is 3.52. The van der Waals surface area contributed by atoms with Gasteiger partial charge in [0.15, 0.2) is 0 Å². The first-order valence-corrected chi connectivity index (χ1v) is 4.59. The molecule has 76 valence electrons. The predicted octanol–water partition coefficient (Wildman–Crippen LogP) is 0.379. The number of amides is 1. The van der Waals surface area contributed by atoms with Crippen LogP contribution in [0.5, 0.6) is 0 Å². The van der Waals surface area contributed by atoms with Crippen molar-refractivity contribution in [2.24, 2.45) is 5.92 Å². The van der Waals surface area contributed by atoms with Gasteiger partial charge in [0.1, 0.15) is 6.04 Å². The minimum Gasteiger partial charge on any atom is -0.480 e. The maximum absolute atomic E-state index is 11.2. The van der Waals surface area contributed by atoms with Crippen LogP contribution in [0.15, 0.2) is 0 Å². The van der Waals surface area contributed by atoms with Gasteiger partial charge in [0.05, 0.1) is 0 Å². The monoisotopic (exact) mass is 195 g/mol. The zero-order valence-corrected chi connectivity index (χ0v) is 7.82. The molecule has 0 radical (unpaired) electrons. The average molecular weight is 195 g/mol. The minimum atomic E-state index is -1.08. The predicted molar refractivity (Wildman–Crippen MR) is 50.4 cm³/mol. The van der Waals surface area contributed by atoms with Gasteiger partial charge in [-0.15, -0.1) is 12.3 Å². The fourth-order valence-electron chi connectivity index (χ4n) is 1.16. The molecule has 0 aromatic rings. The van der Waals surface area contributed by atoms with E-state index >= 15 is 0 Å². The fraction of sp³-hybridized carbons (Fsp3) is 0.600. The van der Waals surface area contributed by atoms with Crippen LogP contribution in [0.2, 0.25) is 0 Å². The number of carboxylic acid groups (broad SMARTS) is 1. The molecule has 4 heteroatoms. The third-order valence-electron chi connectivity index (χ3n) is 2.13. The number of carboxylic acids is 1. The van der Waals surface area contributed by atoms with Crippen molar-refractivity contribution < 1.29 is 14.7 Å². The molecule has 4 nitrogen and oxygen atoms in total. The van der Waals surface area contributed by atoms with Crippen molar-refractivity contribution in [2.75, 3.05) is 0 Å². The highest BCUT2D eigenvalue weighted by Gasteiger charge is 2.26. The van der Waals surface area contributed by atoms with E-state index in [-0.39, 0.29) is 12.3 Å². The van der Waals surface area contributed by atoms with Crippen LogP contribution in [0.1, 0.15) is 25.7 Å². The highest BCUT2D eigenvalue weighted by atomic mass is 16.4. The first-order chi connectivity index (χ1) is 6.63. The summed E-state index contributed by atoms with van der Waals surface area (Å²) in [6, 6.07) is -0.939. The Morgan fingerprint density at radius 2 is 2.21 bits per heavy atom. The zero-order chi connectivity index (χ0) is 10.6. The molecule has 1 aliphatic rings. The minimum absolute atomic E-state index is 0.0335. The molecule has 0 heterocycles. The van der Waals surface area contributed by atoms with Gasteiger partial charge >= 0.3 is 5.97 Å². The van der Waals surface area contributed by atoms with Gasteiger partial charge in [-0.05, 0) is 18.8 Å². The summed E-state index contributed by atoms with van der Waals surface area (Å²) in [5.74, 6) is 1.39. The molecule has 2 N–H and O–H groups in total. The summed E-state index contributed by atoms with van der Waals surface area (Å²) in [4.78, 5) is 21.9. The third kappa shape index (κ3) is 3.48. The summed E-state index contributed by atoms with van der Waals surface area (Å²) in [5, 5.41) is 11.1. The Labute approximate surface area is 82.7 Å². The van der Waals surface area contributed by atoms with Crippen LogP contribution in [0.3, 0.4) is 0 Å². The molecule has 0 aromatic heterocycles. The van der Waals surface area contributed by atoms with Gasteiger partial charge in [0, 0.05) is 12.8 Å². The van der Waals surface area contributed by atoms with Gasteiger partial charge in [-0.1, -0.05) is 0 Å². The smallest absolute Gasteiger partial charge is 0.327 e. The van der Waals surface area contributed by atoms with Crippen molar-refractivity contribution >= 4 is 11.9 Å². The molecule has 0 bridgehead atoms. The van der Waals surface area contributed by atoms with E-state index in [1.165, 1.54) is 0 Å². The van der Waals surface area contributed by atoms with E-state index in [1.807, 2.05) is 0 Å². The van der Waals surface area contributed by atoms with Gasteiger partial charge in [-0.2, -0.15) is 0 Å². The first kappa shape index (κ1) is 10.6. The summed E-state index contributed by atoms with van der Waals surface area (Å²) < 4.78 is 0. The standard InChI is InChI=1S/C10H13NO3/c1-2-3-8(10(13)14)11-9(12)6-7-4-5-7/h1,7-8H,3-6H2,(H,11,12)(H,13,14). The molecule has 0 aliphatic heterocycles. The van der Waals surface area contributed by atoms with Gasteiger partial charge in [-0.25, -0.2) is 4.79 Å². The van der Waals surface area contributed by atoms with Crippen LogP contribution in [0.25, 0.3) is 0 Å². The molecule has 1 amide bonds. The zero-order valence-electron chi connectivity index (χ0n) is 7.82. The van der Waals surface area contributed by atoms with Crippen LogP contribution in [0.4, 0.5) is 0 Å². The molecule has 1 aliphatic carbocycles. The molecule has 1 atom stereocenters. The van der Waals surface area contributed by atoms with E-state index in [4.69, 9.17) is 11.5 Å². The summed E-state index contributed by atoms with van der Waals surface area (Å²) in [7, 11) is 0. The first-order valence-electron chi connectivity index (χ1n) is 4.59. The van der Waals surface area contributed by atoms with Gasteiger partial charge in [-0.3, -0.25) is 4.79 Å². The van der Waals surface area contributed by atoms with E-state index < -0.39 is 12.0 Å². The fourth-order valence-corrected chi connectivity index (χ4v) is 1.16. The Morgan fingerprint density at radius 1 is 1.57 bits per heavy atom. The molecule has 0 saturated heterocycles. The highest BCUT2D eigenvalue weighted by molar-refractivity contribution is 5.83. The van der Waals surface area contributed by atoms with E-state index in [0.29, 0.717) is 12.3 Å². The van der Waals surface area contributed by atoms with Crippen molar-refractivity contribution in [3.8, 4) is 12.3 Å². The Hall–Kier alpha value is -1.50. The second-order valence-electron chi connectivity index (χ2n) is 3.51. The van der Waals surface area contributed by atoms with E-state index in [2.05, 4.69) is 11.2 Å². The van der Waals surface area contributed by atoms with E-state index in [9.17, 15) is 9.59 Å². The lowest BCUT2D eigenvalue weighted by atomic mass is 10.2. The topological polar surface area (TPSA) is 66.4 Å². The summed E-state index contributed by atoms with van der Waals surface area (Å²) in [5.41, 5.74) is 0. The molecule has 1 saturated carbocycles. The second kappa shape index (κ2) is 4.66. The van der Waals surface area contributed by atoms with Crippen LogP contribution >= 0.6 is 0 Å². The molecule has 0 aromatic carbocycles. The number of rotatable bonds is 5. The third-order valence-corrected chi connectivity index (χ3v) is 2.13. The Balaban J connectivity index is 2.33. The van der Waals surface area contributed by atoms with Gasteiger partial charge < -0.3 is 10.4 Å². The number of carbonyl (C=O) groups is 2. The number of nitrogens with one attached hydrogen (secondary N) is 1. The Morgan fingerprint density at radius 3 is 2.64 bits per heavy atom. The van der Waals surface area contributed by atoms with Crippen molar-refractivity contribution in [1.82, 2.24) is 5.32 Å². The van der Waals surface area contributed by atoms with E-state index in [1.54, 1.807) is 0 Å². The molecule has 14 heavy (non-hydrogen) atoms. The number of hydrogen-bond donors (Lipinski definition) is 2. The van der Waals surface area contributed by atoms with Crippen molar-refractivity contribution in [2.45, 2.75) is 31.7 Å². The number of hydrogen-bond acceptors (Lipinski definition) is 2. The Bertz CT molecular complexity index is 276. The number of aliphatic carboxylic acids is 1. The normalized spacial score (nSPS) is 16.8. The maximum Gasteiger partial charge on any atom is 0.327 e. The molecule has 1 fully saturated rings. The summed E-state index contributed by atoms with van der Waals surface area (Å²) in [6.07, 6.45) is 7.59. The number of carbonyl (C=O) groups excluding carboxylic acids is 1.